The van der Waals surface area contributed by atoms with E-state index < -0.39 is 83.7 Å². The van der Waals surface area contributed by atoms with Crippen molar-refractivity contribution < 1.29 is 67.0 Å². The van der Waals surface area contributed by atoms with Gasteiger partial charge in [0.1, 0.15) is 54.6 Å². The molecule has 10 atom stereocenters. The number of carbonyl (C=O) groups excluding carboxylic acids is 1. The number of primary amides is 1. The Morgan fingerprint density at radius 1 is 0.932 bits per heavy atom. The number of imidazole rings is 1. The number of anilines is 1. The van der Waals surface area contributed by atoms with Crippen LogP contribution >= 0.6 is 15.6 Å². The number of nitrogens with two attached hydrogens (primary N) is 2. The Morgan fingerprint density at radius 2 is 1.57 bits per heavy atom. The Kier molecular flexibility index (Phi) is 9.18. The molecule has 2 aliphatic heterocycles. The van der Waals surface area contributed by atoms with E-state index in [0.29, 0.717) is 0 Å². The largest absolute Gasteiger partial charge is 0.481 e. The summed E-state index contributed by atoms with van der Waals surface area (Å²) in [6.07, 6.45) is -9.33. The SMILES string of the molecule is NC(=O)c1cccc([C@@H]2O[C@H](COP(=O)(O)OP(=O)(O)OC[C@H]3O[C@@H](n4cnc5c(N)ncnc54)C(O)C3O)C(O)C2O)c1. The fraction of sp³-hybridized carbons (Fsp3) is 0.455. The molecule has 3 aromatic rings. The number of phosphoric acid groups is 2. The van der Waals surface area contributed by atoms with Crippen molar-refractivity contribution in [2.24, 2.45) is 5.73 Å². The molecule has 6 unspecified atom stereocenters. The lowest BCUT2D eigenvalue weighted by Gasteiger charge is -2.20. The predicted octanol–water partition coefficient (Wildman–Crippen LogP) is -1.76. The summed E-state index contributed by atoms with van der Waals surface area (Å²) in [7, 11) is -10.7. The number of fused-ring (bicyclic) bond motifs is 1. The van der Waals surface area contributed by atoms with E-state index in [2.05, 4.69) is 19.3 Å². The van der Waals surface area contributed by atoms with Crippen LogP contribution in [0.2, 0.25) is 0 Å². The third-order valence-electron chi connectivity index (χ3n) is 6.87. The van der Waals surface area contributed by atoms with Gasteiger partial charge in [0.2, 0.25) is 5.91 Å². The molecule has 4 heterocycles. The second-order valence-electron chi connectivity index (χ2n) is 9.81. The summed E-state index contributed by atoms with van der Waals surface area (Å²) in [6.45, 7) is -1.78. The molecular formula is C22H28N6O14P2. The summed E-state index contributed by atoms with van der Waals surface area (Å²) in [5.41, 5.74) is 11.7. The topological polar surface area (TPSA) is 314 Å². The Balaban J connectivity index is 1.16. The van der Waals surface area contributed by atoms with Gasteiger partial charge in [0.15, 0.2) is 17.7 Å². The number of hydrogen-bond acceptors (Lipinski definition) is 16. The number of phosphoric ester groups is 2. The second-order valence-corrected chi connectivity index (χ2v) is 12.8. The third kappa shape index (κ3) is 6.68. The highest BCUT2D eigenvalue weighted by Gasteiger charge is 2.47. The number of amides is 1. The zero-order valence-electron chi connectivity index (χ0n) is 22.3. The van der Waals surface area contributed by atoms with E-state index >= 15 is 0 Å². The molecule has 1 aromatic carbocycles. The van der Waals surface area contributed by atoms with Gasteiger partial charge in [-0.3, -0.25) is 18.4 Å². The van der Waals surface area contributed by atoms with Crippen LogP contribution < -0.4 is 11.5 Å². The molecule has 0 bridgehead atoms. The molecule has 2 aromatic heterocycles. The van der Waals surface area contributed by atoms with E-state index in [-0.39, 0.29) is 28.1 Å². The highest BCUT2D eigenvalue weighted by atomic mass is 31.3. The van der Waals surface area contributed by atoms with Gasteiger partial charge < -0.3 is 51.2 Å². The molecule has 10 N–H and O–H groups in total. The molecule has 2 fully saturated rings. The quantitative estimate of drug-likeness (QED) is 0.105. The molecule has 22 heteroatoms. The minimum Gasteiger partial charge on any atom is -0.387 e. The van der Waals surface area contributed by atoms with E-state index in [0.717, 1.165) is 6.33 Å². The van der Waals surface area contributed by atoms with Gasteiger partial charge in [0.25, 0.3) is 0 Å². The summed E-state index contributed by atoms with van der Waals surface area (Å²) in [4.78, 5) is 43.3. The molecule has 5 rings (SSSR count). The van der Waals surface area contributed by atoms with Crippen LogP contribution in [-0.4, -0.2) is 105 Å². The first-order chi connectivity index (χ1) is 20.7. The van der Waals surface area contributed by atoms with Crippen LogP contribution in [0.1, 0.15) is 28.3 Å². The van der Waals surface area contributed by atoms with Gasteiger partial charge >= 0.3 is 15.6 Å². The smallest absolute Gasteiger partial charge is 0.387 e. The van der Waals surface area contributed by atoms with Crippen LogP contribution in [0.15, 0.2) is 36.9 Å². The van der Waals surface area contributed by atoms with Crippen LogP contribution in [0.4, 0.5) is 5.82 Å². The van der Waals surface area contributed by atoms with Gasteiger partial charge in [-0.25, -0.2) is 24.1 Å². The lowest BCUT2D eigenvalue weighted by Crippen LogP contribution is -2.33. The Labute approximate surface area is 247 Å². The Morgan fingerprint density at radius 3 is 2.23 bits per heavy atom. The summed E-state index contributed by atoms with van der Waals surface area (Å²) >= 11 is 0. The van der Waals surface area contributed by atoms with Crippen LogP contribution in [0.5, 0.6) is 0 Å². The predicted molar refractivity (Wildman–Crippen MR) is 143 cm³/mol. The van der Waals surface area contributed by atoms with Crippen molar-refractivity contribution >= 4 is 38.5 Å². The lowest BCUT2D eigenvalue weighted by atomic mass is 10.00. The van der Waals surface area contributed by atoms with Gasteiger partial charge in [-0.15, -0.1) is 0 Å². The van der Waals surface area contributed by atoms with Gasteiger partial charge in [0.05, 0.1) is 19.5 Å². The van der Waals surface area contributed by atoms with Crippen LogP contribution in [0, 0.1) is 0 Å². The molecule has 44 heavy (non-hydrogen) atoms. The molecule has 2 saturated heterocycles. The van der Waals surface area contributed by atoms with E-state index in [1.807, 2.05) is 0 Å². The molecule has 0 spiro atoms. The fourth-order valence-electron chi connectivity index (χ4n) is 4.70. The summed E-state index contributed by atoms with van der Waals surface area (Å²) in [6, 6.07) is 5.72. The molecule has 0 aliphatic carbocycles. The van der Waals surface area contributed by atoms with Crippen molar-refractivity contribution in [1.29, 1.82) is 0 Å². The maximum Gasteiger partial charge on any atom is 0.481 e. The van der Waals surface area contributed by atoms with Crippen molar-refractivity contribution in [3.63, 3.8) is 0 Å². The number of nitrogens with zero attached hydrogens (tertiary/aromatic N) is 4. The standard InChI is InChI=1S/C22H28N6O14P2/c23-19-13-21(26-7-25-19)28(8-27-13)22-17(32)15(30)12(41-22)6-39-44(36,37)42-43(34,35)38-5-11-14(29)16(31)18(40-11)9-2-1-3-10(4-9)20(24)33/h1-4,7-8,11-12,14-18,22,29-32H,5-6H2,(H2,24,33)(H,34,35)(H,36,37)(H2,23,25,26)/t11-,12-,14?,15?,16?,17?,18+,22-/m1/s1. The fourth-order valence-corrected chi connectivity index (χ4v) is 6.79. The van der Waals surface area contributed by atoms with Crippen molar-refractivity contribution in [3.05, 3.63) is 48.0 Å². The van der Waals surface area contributed by atoms with Crippen LogP contribution in [0.25, 0.3) is 11.2 Å². The minimum absolute atomic E-state index is 0.0516. The third-order valence-corrected chi connectivity index (χ3v) is 9.47. The molecule has 0 radical (unpaired) electrons. The Hall–Kier alpha value is -2.94. The number of ether oxygens (including phenoxy) is 2. The molecule has 2 aliphatic rings. The van der Waals surface area contributed by atoms with Gasteiger partial charge in [0, 0.05) is 5.56 Å². The van der Waals surface area contributed by atoms with E-state index in [4.69, 9.17) is 30.0 Å². The average molecular weight is 662 g/mol. The summed E-state index contributed by atoms with van der Waals surface area (Å²) < 4.78 is 50.9. The first-order valence-corrected chi connectivity index (χ1v) is 15.7. The highest BCUT2D eigenvalue weighted by molar-refractivity contribution is 7.61. The van der Waals surface area contributed by atoms with Crippen LogP contribution in [-0.2, 0) is 32.0 Å². The number of aliphatic hydroxyl groups excluding tert-OH is 4. The maximum absolute atomic E-state index is 12.4. The minimum atomic E-state index is -5.37. The van der Waals surface area contributed by atoms with E-state index in [1.54, 1.807) is 0 Å². The number of hydrogen-bond donors (Lipinski definition) is 8. The van der Waals surface area contributed by atoms with Crippen molar-refractivity contribution in [2.45, 2.75) is 49.0 Å². The number of benzene rings is 1. The lowest BCUT2D eigenvalue weighted by molar-refractivity contribution is -0.0507. The van der Waals surface area contributed by atoms with Crippen molar-refractivity contribution in [3.8, 4) is 0 Å². The molecular weight excluding hydrogens is 634 g/mol. The zero-order valence-corrected chi connectivity index (χ0v) is 24.1. The molecule has 0 saturated carbocycles. The van der Waals surface area contributed by atoms with Crippen LogP contribution in [0.3, 0.4) is 0 Å². The number of aromatic nitrogens is 4. The van der Waals surface area contributed by atoms with Crippen molar-refractivity contribution in [2.75, 3.05) is 18.9 Å². The number of carbonyl (C=O) groups is 1. The van der Waals surface area contributed by atoms with Gasteiger partial charge in [-0.1, -0.05) is 12.1 Å². The van der Waals surface area contributed by atoms with Crippen molar-refractivity contribution in [1.82, 2.24) is 19.5 Å². The summed E-state index contributed by atoms with van der Waals surface area (Å²) in [5, 5.41) is 41.7. The first kappa shape index (κ1) is 32.5. The molecule has 20 nitrogen and oxygen atoms in total. The zero-order chi connectivity index (χ0) is 32.0. The highest BCUT2D eigenvalue weighted by Crippen LogP contribution is 2.60. The van der Waals surface area contributed by atoms with E-state index in [1.165, 1.54) is 35.2 Å². The average Bonchev–Trinajstić information content (AvgIpc) is 3.61. The second kappa shape index (κ2) is 12.5. The van der Waals surface area contributed by atoms with Gasteiger partial charge in [-0.2, -0.15) is 4.31 Å². The number of nitrogen functional groups attached to an aromatic ring is 1. The maximum atomic E-state index is 12.4. The monoisotopic (exact) mass is 662 g/mol. The van der Waals surface area contributed by atoms with Gasteiger partial charge in [-0.05, 0) is 17.7 Å². The molecule has 240 valence electrons. The molecule has 1 amide bonds. The number of rotatable bonds is 11. The summed E-state index contributed by atoms with van der Waals surface area (Å²) in [5.74, 6) is -0.693. The Bertz CT molecular complexity index is 1630. The first-order valence-electron chi connectivity index (χ1n) is 12.7. The number of aliphatic hydroxyl groups is 4. The van der Waals surface area contributed by atoms with E-state index in [9.17, 15) is 44.1 Å². The normalized spacial score (nSPS) is 31.6.